The number of aromatic amines is 1. The van der Waals surface area contributed by atoms with E-state index in [0.29, 0.717) is 42.8 Å². The Hall–Kier alpha value is -4.55. The van der Waals surface area contributed by atoms with Gasteiger partial charge in [0.1, 0.15) is 6.04 Å². The van der Waals surface area contributed by atoms with Crippen LogP contribution >= 0.6 is 0 Å². The van der Waals surface area contributed by atoms with Crippen LogP contribution in [-0.4, -0.2) is 55.4 Å². The third kappa shape index (κ3) is 7.22. The molecule has 190 valence electrons. The molecule has 13 nitrogen and oxygen atoms in total. The van der Waals surface area contributed by atoms with E-state index in [-0.39, 0.29) is 36.0 Å². The third-order valence-corrected chi connectivity index (χ3v) is 5.27. The molecular formula is C23H28N8O5. The molecule has 2 heterocycles. The van der Waals surface area contributed by atoms with Crippen molar-refractivity contribution in [2.24, 2.45) is 0 Å². The van der Waals surface area contributed by atoms with E-state index in [9.17, 15) is 24.3 Å². The van der Waals surface area contributed by atoms with Crippen molar-refractivity contribution < 1.29 is 19.5 Å². The Bertz CT molecular complexity index is 1290. The number of benzene rings is 1. The van der Waals surface area contributed by atoms with E-state index in [1.165, 1.54) is 6.20 Å². The number of aliphatic carboxylic acids is 1. The molecule has 3 aromatic rings. The van der Waals surface area contributed by atoms with E-state index in [1.807, 2.05) is 0 Å². The first-order chi connectivity index (χ1) is 17.3. The predicted octanol–water partition coefficient (Wildman–Crippen LogP) is 0.787. The van der Waals surface area contributed by atoms with Gasteiger partial charge in [0.2, 0.25) is 11.9 Å². The highest BCUT2D eigenvalue weighted by Crippen LogP contribution is 2.12. The Morgan fingerprint density at radius 2 is 1.89 bits per heavy atom. The molecule has 2 aromatic heterocycles. The number of anilines is 2. The summed E-state index contributed by atoms with van der Waals surface area (Å²) in [6.45, 7) is 2.48. The van der Waals surface area contributed by atoms with E-state index in [0.717, 1.165) is 0 Å². The second-order valence-corrected chi connectivity index (χ2v) is 7.98. The topological polar surface area (TPSA) is 205 Å². The van der Waals surface area contributed by atoms with Crippen LogP contribution in [0.2, 0.25) is 0 Å². The summed E-state index contributed by atoms with van der Waals surface area (Å²) >= 11 is 0. The molecule has 0 aliphatic heterocycles. The zero-order valence-electron chi connectivity index (χ0n) is 19.7. The number of unbranched alkanes of at least 4 members (excludes halogenated alkanes) is 1. The number of carbonyl (C=O) groups excluding carboxylic acids is 2. The lowest BCUT2D eigenvalue weighted by Crippen LogP contribution is -2.40. The zero-order chi connectivity index (χ0) is 26.1. The summed E-state index contributed by atoms with van der Waals surface area (Å²) < 4.78 is 0. The highest BCUT2D eigenvalue weighted by molar-refractivity contribution is 5.96. The Balaban J connectivity index is 1.52. The molecule has 0 saturated heterocycles. The van der Waals surface area contributed by atoms with Crippen LogP contribution < -0.4 is 27.2 Å². The van der Waals surface area contributed by atoms with Crippen LogP contribution in [-0.2, 0) is 16.1 Å². The lowest BCUT2D eigenvalue weighted by atomic mass is 10.1. The molecule has 0 fully saturated rings. The summed E-state index contributed by atoms with van der Waals surface area (Å²) in [5.41, 5.74) is 6.74. The number of carbonyl (C=O) groups is 3. The second-order valence-electron chi connectivity index (χ2n) is 7.98. The molecule has 1 aromatic carbocycles. The van der Waals surface area contributed by atoms with Gasteiger partial charge in [-0.3, -0.25) is 19.4 Å². The number of nitrogens with two attached hydrogens (primary N) is 1. The average molecular weight is 497 g/mol. The molecule has 0 radical (unpaired) electrons. The number of H-pyrrole nitrogens is 1. The van der Waals surface area contributed by atoms with Crippen molar-refractivity contribution in [1.82, 2.24) is 30.6 Å². The molecular weight excluding hydrogens is 468 g/mol. The standard InChI is InChI=1S/C23H28N8O5/c1-2-17(32)25-10-4-3-5-16(22(35)36)29-20(33)13-6-8-14(9-7-13)26-11-15-12-27-19-18(28-15)21(34)31-23(24)30-19/h6-9,12,16,26H,2-5,10-11H2,1H3,(H,25,32)(H,29,33)(H,35,36)(H3,24,27,30,31,34)/t16-/m0/s1. The molecule has 7 N–H and O–H groups in total. The number of rotatable bonds is 12. The van der Waals surface area contributed by atoms with Gasteiger partial charge in [0, 0.05) is 24.2 Å². The van der Waals surface area contributed by atoms with E-state index < -0.39 is 23.5 Å². The second kappa shape index (κ2) is 12.2. The maximum Gasteiger partial charge on any atom is 0.326 e. The maximum absolute atomic E-state index is 12.5. The number of hydrogen-bond donors (Lipinski definition) is 6. The summed E-state index contributed by atoms with van der Waals surface area (Å²) in [6.07, 6.45) is 3.28. The summed E-state index contributed by atoms with van der Waals surface area (Å²) in [5, 5.41) is 17.8. The van der Waals surface area contributed by atoms with Gasteiger partial charge in [-0.05, 0) is 43.5 Å². The van der Waals surface area contributed by atoms with Crippen LogP contribution in [0.3, 0.4) is 0 Å². The minimum atomic E-state index is -1.12. The van der Waals surface area contributed by atoms with Crippen molar-refractivity contribution in [3.63, 3.8) is 0 Å². The summed E-state index contributed by atoms with van der Waals surface area (Å²) in [7, 11) is 0. The quantitative estimate of drug-likeness (QED) is 0.194. The fourth-order valence-electron chi connectivity index (χ4n) is 3.31. The zero-order valence-corrected chi connectivity index (χ0v) is 19.7. The minimum absolute atomic E-state index is 0.0381. The van der Waals surface area contributed by atoms with Crippen molar-refractivity contribution >= 4 is 40.6 Å². The first-order valence-electron chi connectivity index (χ1n) is 11.4. The van der Waals surface area contributed by atoms with Crippen LogP contribution in [0.15, 0.2) is 35.3 Å². The van der Waals surface area contributed by atoms with E-state index in [2.05, 4.69) is 35.9 Å². The Morgan fingerprint density at radius 3 is 2.58 bits per heavy atom. The largest absolute Gasteiger partial charge is 0.480 e. The minimum Gasteiger partial charge on any atom is -0.480 e. The Kier molecular flexibility index (Phi) is 8.86. The number of carboxylic acids is 1. The van der Waals surface area contributed by atoms with Gasteiger partial charge in [0.15, 0.2) is 11.2 Å². The molecule has 13 heteroatoms. The molecule has 36 heavy (non-hydrogen) atoms. The van der Waals surface area contributed by atoms with Gasteiger partial charge in [-0.2, -0.15) is 4.98 Å². The lowest BCUT2D eigenvalue weighted by molar-refractivity contribution is -0.139. The van der Waals surface area contributed by atoms with E-state index >= 15 is 0 Å². The smallest absolute Gasteiger partial charge is 0.326 e. The Morgan fingerprint density at radius 1 is 1.14 bits per heavy atom. The first-order valence-corrected chi connectivity index (χ1v) is 11.4. The lowest BCUT2D eigenvalue weighted by Gasteiger charge is -2.15. The first kappa shape index (κ1) is 26.1. The number of carboxylic acid groups (broad SMARTS) is 1. The molecule has 2 amide bonds. The fraction of sp³-hybridized carbons (Fsp3) is 0.348. The molecule has 0 unspecified atom stereocenters. The van der Waals surface area contributed by atoms with Crippen LogP contribution in [0.5, 0.6) is 0 Å². The molecule has 0 aliphatic carbocycles. The van der Waals surface area contributed by atoms with Crippen molar-refractivity contribution in [3.05, 3.63) is 52.1 Å². The predicted molar refractivity (Wildman–Crippen MR) is 132 cm³/mol. The van der Waals surface area contributed by atoms with Crippen LogP contribution in [0, 0.1) is 0 Å². The number of nitrogens with zero attached hydrogens (tertiary/aromatic N) is 3. The number of aromatic nitrogens is 4. The van der Waals surface area contributed by atoms with Gasteiger partial charge in [-0.25, -0.2) is 14.8 Å². The van der Waals surface area contributed by atoms with Gasteiger partial charge < -0.3 is 26.8 Å². The SMILES string of the molecule is CCC(=O)NCCCC[C@H](NC(=O)c1ccc(NCc2cnc3nc(N)[nH]c(=O)c3n2)cc1)C(=O)O. The maximum atomic E-state index is 12.5. The van der Waals surface area contributed by atoms with Gasteiger partial charge in [-0.1, -0.05) is 6.92 Å². The van der Waals surface area contributed by atoms with Crippen molar-refractivity contribution in [1.29, 1.82) is 0 Å². The van der Waals surface area contributed by atoms with Crippen molar-refractivity contribution in [2.75, 3.05) is 17.6 Å². The monoisotopic (exact) mass is 496 g/mol. The van der Waals surface area contributed by atoms with E-state index in [4.69, 9.17) is 5.73 Å². The highest BCUT2D eigenvalue weighted by Gasteiger charge is 2.20. The molecule has 0 bridgehead atoms. The molecule has 0 spiro atoms. The Labute approximate surface area is 205 Å². The van der Waals surface area contributed by atoms with Crippen molar-refractivity contribution in [3.8, 4) is 0 Å². The molecule has 0 aliphatic rings. The van der Waals surface area contributed by atoms with Crippen molar-refractivity contribution in [2.45, 2.75) is 45.2 Å². The highest BCUT2D eigenvalue weighted by atomic mass is 16.4. The summed E-state index contributed by atoms with van der Waals surface area (Å²) in [5.74, 6) is -1.71. The number of amides is 2. The summed E-state index contributed by atoms with van der Waals surface area (Å²) in [4.78, 5) is 61.9. The van der Waals surface area contributed by atoms with Gasteiger partial charge in [0.25, 0.3) is 11.5 Å². The van der Waals surface area contributed by atoms with Crippen LogP contribution in [0.1, 0.15) is 48.7 Å². The van der Waals surface area contributed by atoms with E-state index in [1.54, 1.807) is 31.2 Å². The van der Waals surface area contributed by atoms with Gasteiger partial charge >= 0.3 is 5.97 Å². The average Bonchev–Trinajstić information content (AvgIpc) is 2.86. The molecule has 1 atom stereocenters. The number of nitrogen functional groups attached to an aromatic ring is 1. The number of nitrogens with one attached hydrogen (secondary N) is 4. The summed E-state index contributed by atoms with van der Waals surface area (Å²) in [6, 6.07) is 5.45. The van der Waals surface area contributed by atoms with Gasteiger partial charge in [0.05, 0.1) is 18.4 Å². The normalized spacial score (nSPS) is 11.6. The third-order valence-electron chi connectivity index (χ3n) is 5.27. The fourth-order valence-corrected chi connectivity index (χ4v) is 3.31. The molecule has 3 rings (SSSR count). The van der Waals surface area contributed by atoms with Crippen LogP contribution in [0.4, 0.5) is 11.6 Å². The van der Waals surface area contributed by atoms with Gasteiger partial charge in [-0.15, -0.1) is 0 Å². The number of hydrogen-bond acceptors (Lipinski definition) is 9. The van der Waals surface area contributed by atoms with Crippen LogP contribution in [0.25, 0.3) is 11.2 Å². The molecule has 0 saturated carbocycles. The number of fused-ring (bicyclic) bond motifs is 1.